The minimum atomic E-state index is 0.107. The molecule has 2 rings (SSSR count). The molecule has 0 bridgehead atoms. The number of rotatable bonds is 3. The molecule has 0 heterocycles. The maximum atomic E-state index is 12.4. The molecule has 0 spiro atoms. The van der Waals surface area contributed by atoms with Crippen LogP contribution in [0.25, 0.3) is 0 Å². The monoisotopic (exact) mass is 238 g/mol. The van der Waals surface area contributed by atoms with Gasteiger partial charge < -0.3 is 0 Å². The first-order valence-corrected chi connectivity index (χ1v) is 6.30. The van der Waals surface area contributed by atoms with E-state index in [2.05, 4.69) is 19.9 Å². The molecule has 2 aromatic carbocycles. The number of hydrogen-bond acceptors (Lipinski definition) is 1. The summed E-state index contributed by atoms with van der Waals surface area (Å²) in [5, 5.41) is 0. The summed E-state index contributed by atoms with van der Waals surface area (Å²) in [6.07, 6.45) is 0. The minimum Gasteiger partial charge on any atom is -0.289 e. The van der Waals surface area contributed by atoms with Crippen molar-refractivity contribution in [3.05, 3.63) is 70.8 Å². The molecule has 1 heteroatoms. The van der Waals surface area contributed by atoms with E-state index in [1.807, 2.05) is 49.4 Å². The average molecular weight is 238 g/mol. The van der Waals surface area contributed by atoms with Crippen molar-refractivity contribution in [3.63, 3.8) is 0 Å². The van der Waals surface area contributed by atoms with Gasteiger partial charge in [0.25, 0.3) is 0 Å². The quantitative estimate of drug-likeness (QED) is 0.726. The fraction of sp³-hybridized carbons (Fsp3) is 0.235. The Kier molecular flexibility index (Phi) is 3.61. The van der Waals surface area contributed by atoms with Crippen LogP contribution in [0.5, 0.6) is 0 Å². The molecule has 0 saturated heterocycles. The zero-order valence-corrected chi connectivity index (χ0v) is 11.1. The first kappa shape index (κ1) is 12.6. The summed E-state index contributed by atoms with van der Waals surface area (Å²) >= 11 is 0. The van der Waals surface area contributed by atoms with E-state index in [9.17, 15) is 4.79 Å². The van der Waals surface area contributed by atoms with E-state index < -0.39 is 0 Å². The second kappa shape index (κ2) is 5.18. The second-order valence-electron chi connectivity index (χ2n) is 4.92. The molecule has 0 aromatic heterocycles. The highest BCUT2D eigenvalue weighted by molar-refractivity contribution is 6.09. The molecule has 2 aromatic rings. The van der Waals surface area contributed by atoms with Crippen LogP contribution >= 0.6 is 0 Å². The Morgan fingerprint density at radius 3 is 2.28 bits per heavy atom. The Bertz CT molecular complexity index is 553. The molecule has 0 unspecified atom stereocenters. The van der Waals surface area contributed by atoms with Gasteiger partial charge in [-0.25, -0.2) is 0 Å². The number of ketones is 1. The largest absolute Gasteiger partial charge is 0.289 e. The number of hydrogen-bond donors (Lipinski definition) is 0. The van der Waals surface area contributed by atoms with E-state index in [1.165, 1.54) is 5.56 Å². The molecule has 92 valence electrons. The summed E-state index contributed by atoms with van der Waals surface area (Å²) in [5.41, 5.74) is 3.81. The molecule has 18 heavy (non-hydrogen) atoms. The third-order valence-corrected chi connectivity index (χ3v) is 3.21. The lowest BCUT2D eigenvalue weighted by Crippen LogP contribution is -2.05. The predicted molar refractivity (Wildman–Crippen MR) is 75.1 cm³/mol. The van der Waals surface area contributed by atoms with Crippen LogP contribution in [0.1, 0.15) is 46.8 Å². The SMILES string of the molecule is Cc1ccc(C(C)C)cc1C(=O)c1ccccc1. The smallest absolute Gasteiger partial charge is 0.193 e. The van der Waals surface area contributed by atoms with Crippen molar-refractivity contribution in [2.24, 2.45) is 0 Å². The van der Waals surface area contributed by atoms with Crippen molar-refractivity contribution in [2.45, 2.75) is 26.7 Å². The Morgan fingerprint density at radius 1 is 1.00 bits per heavy atom. The standard InChI is InChI=1S/C17H18O/c1-12(2)15-10-9-13(3)16(11-15)17(18)14-7-5-4-6-8-14/h4-12H,1-3H3. The first-order valence-electron chi connectivity index (χ1n) is 6.30. The van der Waals surface area contributed by atoms with Crippen molar-refractivity contribution in [1.29, 1.82) is 0 Å². The molecular formula is C17H18O. The van der Waals surface area contributed by atoms with Gasteiger partial charge in [-0.2, -0.15) is 0 Å². The van der Waals surface area contributed by atoms with Gasteiger partial charge >= 0.3 is 0 Å². The van der Waals surface area contributed by atoms with Gasteiger partial charge in [-0.1, -0.05) is 56.3 Å². The molecule has 0 aliphatic heterocycles. The van der Waals surface area contributed by atoms with Crippen LogP contribution in [0.3, 0.4) is 0 Å². The Morgan fingerprint density at radius 2 is 1.67 bits per heavy atom. The fourth-order valence-electron chi connectivity index (χ4n) is 1.99. The molecule has 0 fully saturated rings. The summed E-state index contributed by atoms with van der Waals surface area (Å²) in [4.78, 5) is 12.4. The lowest BCUT2D eigenvalue weighted by atomic mass is 9.93. The molecule has 0 aliphatic rings. The van der Waals surface area contributed by atoms with Gasteiger partial charge in [0, 0.05) is 11.1 Å². The van der Waals surface area contributed by atoms with Gasteiger partial charge in [0.2, 0.25) is 0 Å². The van der Waals surface area contributed by atoms with Crippen LogP contribution in [0.4, 0.5) is 0 Å². The van der Waals surface area contributed by atoms with Crippen LogP contribution in [-0.2, 0) is 0 Å². The molecule has 0 saturated carbocycles. The Balaban J connectivity index is 2.45. The molecule has 0 amide bonds. The molecule has 1 nitrogen and oxygen atoms in total. The van der Waals surface area contributed by atoms with Crippen LogP contribution in [0, 0.1) is 6.92 Å². The van der Waals surface area contributed by atoms with Gasteiger partial charge in [-0.3, -0.25) is 4.79 Å². The van der Waals surface area contributed by atoms with Gasteiger partial charge in [-0.15, -0.1) is 0 Å². The van der Waals surface area contributed by atoms with E-state index in [0.717, 1.165) is 16.7 Å². The van der Waals surface area contributed by atoms with Gasteiger partial charge in [-0.05, 0) is 30.0 Å². The fourth-order valence-corrected chi connectivity index (χ4v) is 1.99. The van der Waals surface area contributed by atoms with Crippen molar-refractivity contribution < 1.29 is 4.79 Å². The Hall–Kier alpha value is -1.89. The summed E-state index contributed by atoms with van der Waals surface area (Å²) in [6, 6.07) is 15.6. The number of benzene rings is 2. The van der Waals surface area contributed by atoms with Gasteiger partial charge in [0.15, 0.2) is 5.78 Å². The minimum absolute atomic E-state index is 0.107. The summed E-state index contributed by atoms with van der Waals surface area (Å²) in [7, 11) is 0. The third kappa shape index (κ3) is 2.51. The van der Waals surface area contributed by atoms with Crippen LogP contribution < -0.4 is 0 Å². The predicted octanol–water partition coefficient (Wildman–Crippen LogP) is 4.35. The summed E-state index contributed by atoms with van der Waals surface area (Å²) in [6.45, 7) is 6.27. The van der Waals surface area contributed by atoms with Crippen LogP contribution in [-0.4, -0.2) is 5.78 Å². The molecule has 0 aliphatic carbocycles. The maximum Gasteiger partial charge on any atom is 0.193 e. The second-order valence-corrected chi connectivity index (χ2v) is 4.92. The van der Waals surface area contributed by atoms with Crippen LogP contribution in [0.2, 0.25) is 0 Å². The summed E-state index contributed by atoms with van der Waals surface area (Å²) in [5.74, 6) is 0.545. The lowest BCUT2D eigenvalue weighted by molar-refractivity contribution is 0.103. The van der Waals surface area contributed by atoms with E-state index in [4.69, 9.17) is 0 Å². The number of carbonyl (C=O) groups is 1. The van der Waals surface area contributed by atoms with E-state index in [1.54, 1.807) is 0 Å². The highest BCUT2D eigenvalue weighted by Crippen LogP contribution is 2.21. The Labute approximate surface area is 108 Å². The average Bonchev–Trinajstić information content (AvgIpc) is 2.39. The maximum absolute atomic E-state index is 12.4. The zero-order valence-electron chi connectivity index (χ0n) is 11.1. The molecule has 0 radical (unpaired) electrons. The normalized spacial score (nSPS) is 10.7. The lowest BCUT2D eigenvalue weighted by Gasteiger charge is -2.10. The highest BCUT2D eigenvalue weighted by atomic mass is 16.1. The van der Waals surface area contributed by atoms with Gasteiger partial charge in [0.05, 0.1) is 0 Å². The third-order valence-electron chi connectivity index (χ3n) is 3.21. The van der Waals surface area contributed by atoms with Crippen molar-refractivity contribution in [1.82, 2.24) is 0 Å². The molecule has 0 N–H and O–H groups in total. The van der Waals surface area contributed by atoms with Crippen molar-refractivity contribution in [3.8, 4) is 0 Å². The zero-order chi connectivity index (χ0) is 13.1. The van der Waals surface area contributed by atoms with Crippen molar-refractivity contribution >= 4 is 5.78 Å². The molecular weight excluding hydrogens is 220 g/mol. The summed E-state index contributed by atoms with van der Waals surface area (Å²) < 4.78 is 0. The van der Waals surface area contributed by atoms with E-state index in [0.29, 0.717) is 5.92 Å². The van der Waals surface area contributed by atoms with E-state index >= 15 is 0 Å². The van der Waals surface area contributed by atoms with E-state index in [-0.39, 0.29) is 5.78 Å². The topological polar surface area (TPSA) is 17.1 Å². The van der Waals surface area contributed by atoms with Crippen LogP contribution in [0.15, 0.2) is 48.5 Å². The van der Waals surface area contributed by atoms with Crippen molar-refractivity contribution in [2.75, 3.05) is 0 Å². The van der Waals surface area contributed by atoms with Gasteiger partial charge in [0.1, 0.15) is 0 Å². The molecule has 0 atom stereocenters. The first-order chi connectivity index (χ1) is 8.59. The number of aryl methyl sites for hydroxylation is 1. The number of carbonyl (C=O) groups excluding carboxylic acids is 1. The highest BCUT2D eigenvalue weighted by Gasteiger charge is 2.12.